The Balaban J connectivity index is 2.49. The van der Waals surface area contributed by atoms with Gasteiger partial charge in [0.1, 0.15) is 6.29 Å². The number of amides is 1. The quantitative estimate of drug-likeness (QED) is 0.714. The first-order valence-corrected chi connectivity index (χ1v) is 4.62. The molecule has 70 valence electrons. The number of carboxylic acid groups (broad SMARTS) is 1. The topological polar surface area (TPSA) is 66.4 Å². The van der Waals surface area contributed by atoms with Gasteiger partial charge in [-0.05, 0) is 22.4 Å². The minimum atomic E-state index is -1.17. The molecule has 1 heterocycles. The van der Waals surface area contributed by atoms with Gasteiger partial charge in [0, 0.05) is 6.42 Å². The van der Waals surface area contributed by atoms with E-state index in [0.29, 0.717) is 12.7 Å². The van der Waals surface area contributed by atoms with Gasteiger partial charge in [0.2, 0.25) is 0 Å². The molecule has 0 saturated heterocycles. The summed E-state index contributed by atoms with van der Waals surface area (Å²) in [5.74, 6) is 0. The van der Waals surface area contributed by atoms with E-state index in [0.717, 1.165) is 5.56 Å². The Labute approximate surface area is 79.2 Å². The Morgan fingerprint density at radius 1 is 1.77 bits per heavy atom. The molecule has 4 nitrogen and oxygen atoms in total. The molecule has 1 rings (SSSR count). The molecular formula is C8H9NO3S. The third-order valence-electron chi connectivity index (χ3n) is 1.51. The molecule has 1 aromatic heterocycles. The zero-order valence-corrected chi connectivity index (χ0v) is 7.58. The first-order chi connectivity index (χ1) is 6.22. The summed E-state index contributed by atoms with van der Waals surface area (Å²) in [6.07, 6.45) is -0.155. The number of thiophene rings is 1. The maximum absolute atomic E-state index is 10.4. The van der Waals surface area contributed by atoms with Crippen molar-refractivity contribution < 1.29 is 14.7 Å². The van der Waals surface area contributed by atoms with Gasteiger partial charge in [-0.15, -0.1) is 0 Å². The third-order valence-corrected chi connectivity index (χ3v) is 2.24. The van der Waals surface area contributed by atoms with Gasteiger partial charge in [-0.2, -0.15) is 11.3 Å². The molecular weight excluding hydrogens is 190 g/mol. The standard InChI is InChI=1S/C8H9NO3S/c10-4-7(9-8(11)12)3-6-1-2-13-5-6/h1-2,4-5,7,9H,3H2,(H,11,12). The first kappa shape index (κ1) is 9.73. The Bertz CT molecular complexity index is 284. The van der Waals surface area contributed by atoms with E-state index >= 15 is 0 Å². The highest BCUT2D eigenvalue weighted by molar-refractivity contribution is 7.07. The Kier molecular flexibility index (Phi) is 3.45. The zero-order valence-electron chi connectivity index (χ0n) is 6.77. The summed E-state index contributed by atoms with van der Waals surface area (Å²) in [5, 5.41) is 14.3. The summed E-state index contributed by atoms with van der Waals surface area (Å²) >= 11 is 1.52. The largest absolute Gasteiger partial charge is 0.465 e. The van der Waals surface area contributed by atoms with E-state index in [1.54, 1.807) is 0 Å². The average Bonchev–Trinajstić information content (AvgIpc) is 2.55. The van der Waals surface area contributed by atoms with Crippen LogP contribution in [0.15, 0.2) is 16.8 Å². The summed E-state index contributed by atoms with van der Waals surface area (Å²) in [6.45, 7) is 0. The molecule has 1 aromatic rings. The molecule has 1 unspecified atom stereocenters. The van der Waals surface area contributed by atoms with Crippen LogP contribution in [0, 0.1) is 0 Å². The van der Waals surface area contributed by atoms with Gasteiger partial charge >= 0.3 is 6.09 Å². The van der Waals surface area contributed by atoms with Crippen LogP contribution in [0.4, 0.5) is 4.79 Å². The van der Waals surface area contributed by atoms with E-state index in [1.165, 1.54) is 11.3 Å². The van der Waals surface area contributed by atoms with Crippen LogP contribution in [0.3, 0.4) is 0 Å². The zero-order chi connectivity index (χ0) is 9.68. The fourth-order valence-electron chi connectivity index (χ4n) is 0.954. The predicted octanol–water partition coefficient (Wildman–Crippen LogP) is 1.13. The lowest BCUT2D eigenvalue weighted by atomic mass is 10.1. The second kappa shape index (κ2) is 4.61. The van der Waals surface area contributed by atoms with Gasteiger partial charge in [0.15, 0.2) is 0 Å². The lowest BCUT2D eigenvalue weighted by Gasteiger charge is -2.07. The fraction of sp³-hybridized carbons (Fsp3) is 0.250. The van der Waals surface area contributed by atoms with E-state index in [4.69, 9.17) is 5.11 Å². The van der Waals surface area contributed by atoms with Crippen LogP contribution in [0.2, 0.25) is 0 Å². The first-order valence-electron chi connectivity index (χ1n) is 3.68. The van der Waals surface area contributed by atoms with Gasteiger partial charge in [0.05, 0.1) is 6.04 Å². The minimum absolute atomic E-state index is 0.416. The maximum Gasteiger partial charge on any atom is 0.405 e. The highest BCUT2D eigenvalue weighted by Gasteiger charge is 2.10. The molecule has 0 aromatic carbocycles. The maximum atomic E-state index is 10.4. The van der Waals surface area contributed by atoms with Crippen LogP contribution in [0.25, 0.3) is 0 Å². The molecule has 13 heavy (non-hydrogen) atoms. The average molecular weight is 199 g/mol. The SMILES string of the molecule is O=CC(Cc1ccsc1)NC(=O)O. The second-order valence-corrected chi connectivity index (χ2v) is 3.31. The number of hydrogen-bond acceptors (Lipinski definition) is 3. The summed E-state index contributed by atoms with van der Waals surface area (Å²) in [7, 11) is 0. The molecule has 0 saturated carbocycles. The molecule has 0 radical (unpaired) electrons. The van der Waals surface area contributed by atoms with Crippen molar-refractivity contribution in [3.05, 3.63) is 22.4 Å². The van der Waals surface area contributed by atoms with Crippen molar-refractivity contribution in [2.45, 2.75) is 12.5 Å². The molecule has 0 aliphatic carbocycles. The van der Waals surface area contributed by atoms with Crippen LogP contribution in [0.5, 0.6) is 0 Å². The number of nitrogens with one attached hydrogen (secondary N) is 1. The van der Waals surface area contributed by atoms with Crippen molar-refractivity contribution >= 4 is 23.7 Å². The predicted molar refractivity (Wildman–Crippen MR) is 49.0 cm³/mol. The Hall–Kier alpha value is -1.36. The number of hydrogen-bond donors (Lipinski definition) is 2. The molecule has 0 aliphatic rings. The molecule has 2 N–H and O–H groups in total. The summed E-state index contributed by atoms with van der Waals surface area (Å²) < 4.78 is 0. The van der Waals surface area contributed by atoms with Crippen LogP contribution < -0.4 is 5.32 Å². The van der Waals surface area contributed by atoms with Gasteiger partial charge in [-0.25, -0.2) is 4.79 Å². The number of rotatable bonds is 4. The van der Waals surface area contributed by atoms with Crippen molar-refractivity contribution in [2.24, 2.45) is 0 Å². The Morgan fingerprint density at radius 3 is 3.00 bits per heavy atom. The minimum Gasteiger partial charge on any atom is -0.465 e. The second-order valence-electron chi connectivity index (χ2n) is 2.53. The summed E-state index contributed by atoms with van der Waals surface area (Å²) in [6, 6.07) is 1.22. The molecule has 0 aliphatic heterocycles. The van der Waals surface area contributed by atoms with Crippen molar-refractivity contribution in [3.63, 3.8) is 0 Å². The van der Waals surface area contributed by atoms with Crippen molar-refractivity contribution in [2.75, 3.05) is 0 Å². The fourth-order valence-corrected chi connectivity index (χ4v) is 1.64. The van der Waals surface area contributed by atoms with E-state index in [1.807, 2.05) is 16.8 Å². The van der Waals surface area contributed by atoms with Crippen molar-refractivity contribution in [1.82, 2.24) is 5.32 Å². The normalized spacial score (nSPS) is 12.0. The third kappa shape index (κ3) is 3.25. The van der Waals surface area contributed by atoms with Gasteiger partial charge in [-0.3, -0.25) is 0 Å². The van der Waals surface area contributed by atoms with Gasteiger partial charge in [-0.1, -0.05) is 0 Å². The van der Waals surface area contributed by atoms with Crippen LogP contribution in [-0.4, -0.2) is 23.5 Å². The van der Waals surface area contributed by atoms with Crippen LogP contribution >= 0.6 is 11.3 Å². The lowest BCUT2D eigenvalue weighted by molar-refractivity contribution is -0.109. The van der Waals surface area contributed by atoms with Crippen LogP contribution in [-0.2, 0) is 11.2 Å². The van der Waals surface area contributed by atoms with Crippen LogP contribution in [0.1, 0.15) is 5.56 Å². The molecule has 0 spiro atoms. The highest BCUT2D eigenvalue weighted by atomic mass is 32.1. The lowest BCUT2D eigenvalue weighted by Crippen LogP contribution is -2.36. The smallest absolute Gasteiger partial charge is 0.405 e. The van der Waals surface area contributed by atoms with Gasteiger partial charge in [0.25, 0.3) is 0 Å². The number of carbonyl (C=O) groups excluding carboxylic acids is 1. The number of aldehydes is 1. The molecule has 5 heteroatoms. The number of carbonyl (C=O) groups is 2. The Morgan fingerprint density at radius 2 is 2.54 bits per heavy atom. The highest BCUT2D eigenvalue weighted by Crippen LogP contribution is 2.07. The van der Waals surface area contributed by atoms with E-state index in [9.17, 15) is 9.59 Å². The van der Waals surface area contributed by atoms with Gasteiger partial charge < -0.3 is 15.2 Å². The van der Waals surface area contributed by atoms with E-state index in [-0.39, 0.29) is 0 Å². The molecule has 1 amide bonds. The summed E-state index contributed by atoms with van der Waals surface area (Å²) in [4.78, 5) is 20.7. The van der Waals surface area contributed by atoms with E-state index < -0.39 is 12.1 Å². The molecule has 1 atom stereocenters. The molecule has 0 bridgehead atoms. The van der Waals surface area contributed by atoms with Crippen molar-refractivity contribution in [1.29, 1.82) is 0 Å². The van der Waals surface area contributed by atoms with Crippen molar-refractivity contribution in [3.8, 4) is 0 Å². The molecule has 0 fully saturated rings. The van der Waals surface area contributed by atoms with E-state index in [2.05, 4.69) is 5.32 Å². The monoisotopic (exact) mass is 199 g/mol. The summed E-state index contributed by atoms with van der Waals surface area (Å²) in [5.41, 5.74) is 0.968.